The molecule has 0 atom stereocenters. The van der Waals surface area contributed by atoms with Crippen LogP contribution in [0.15, 0.2) is 66.7 Å². The molecule has 0 saturated heterocycles. The number of benzene rings is 3. The summed E-state index contributed by atoms with van der Waals surface area (Å²) in [7, 11) is 3.02. The van der Waals surface area contributed by atoms with Gasteiger partial charge in [0.15, 0.2) is 0 Å². The number of fused-ring (bicyclic) bond motifs is 1. The summed E-state index contributed by atoms with van der Waals surface area (Å²) in [5, 5.41) is 6.04. The number of amides is 2. The number of rotatable bonds is 6. The van der Waals surface area contributed by atoms with Crippen LogP contribution in [0, 0.1) is 5.82 Å². The molecule has 1 aliphatic heterocycles. The lowest BCUT2D eigenvalue weighted by Crippen LogP contribution is -2.22. The van der Waals surface area contributed by atoms with E-state index in [9.17, 15) is 18.8 Å². The zero-order valence-electron chi connectivity index (χ0n) is 19.5. The minimum Gasteiger partial charge on any atom is -0.469 e. The lowest BCUT2D eigenvalue weighted by atomic mass is 9.98. The van der Waals surface area contributed by atoms with Crippen LogP contribution < -0.4 is 15.5 Å². The van der Waals surface area contributed by atoms with Gasteiger partial charge in [0.05, 0.1) is 30.5 Å². The van der Waals surface area contributed by atoms with Crippen LogP contribution >= 0.6 is 0 Å². The second kappa shape index (κ2) is 9.80. The molecule has 0 radical (unpaired) electrons. The van der Waals surface area contributed by atoms with Crippen LogP contribution in [0.5, 0.6) is 0 Å². The number of carbonyl (C=O) groups excluding carboxylic acids is 3. The molecule has 35 heavy (non-hydrogen) atoms. The Morgan fingerprint density at radius 2 is 1.71 bits per heavy atom. The van der Waals surface area contributed by atoms with E-state index in [4.69, 9.17) is 4.74 Å². The molecular formula is C27H24FN3O4. The third kappa shape index (κ3) is 5.06. The van der Waals surface area contributed by atoms with Crippen LogP contribution in [0.25, 0.3) is 11.3 Å². The SMILES string of the molecule is COC(=O)Cc1ccc(C(Nc2ccc(N(C)C(C)=O)cc2)=C2C(=O)Nc3cc(F)ccc32)cc1. The fraction of sp³-hybridized carbons (Fsp3) is 0.148. The molecule has 3 aromatic carbocycles. The van der Waals surface area contributed by atoms with Gasteiger partial charge in [0, 0.05) is 30.9 Å². The number of esters is 1. The van der Waals surface area contributed by atoms with Crippen LogP contribution in [0.3, 0.4) is 0 Å². The van der Waals surface area contributed by atoms with E-state index in [-0.39, 0.29) is 24.2 Å². The van der Waals surface area contributed by atoms with E-state index in [0.717, 1.165) is 11.3 Å². The molecule has 7 nitrogen and oxygen atoms in total. The zero-order valence-corrected chi connectivity index (χ0v) is 19.5. The summed E-state index contributed by atoms with van der Waals surface area (Å²) in [6.45, 7) is 1.48. The van der Waals surface area contributed by atoms with Gasteiger partial charge >= 0.3 is 5.97 Å². The number of nitrogens with one attached hydrogen (secondary N) is 2. The number of nitrogens with zero attached hydrogens (tertiary/aromatic N) is 1. The molecule has 0 bridgehead atoms. The minimum absolute atomic E-state index is 0.0907. The first-order valence-electron chi connectivity index (χ1n) is 10.9. The number of carbonyl (C=O) groups is 3. The van der Waals surface area contributed by atoms with Crippen molar-refractivity contribution in [2.24, 2.45) is 0 Å². The maximum Gasteiger partial charge on any atom is 0.309 e. The largest absolute Gasteiger partial charge is 0.469 e. The summed E-state index contributed by atoms with van der Waals surface area (Å²) in [6, 6.07) is 18.5. The van der Waals surface area contributed by atoms with Crippen molar-refractivity contribution < 1.29 is 23.5 Å². The van der Waals surface area contributed by atoms with E-state index < -0.39 is 5.82 Å². The molecule has 0 aromatic heterocycles. The van der Waals surface area contributed by atoms with Gasteiger partial charge in [-0.3, -0.25) is 14.4 Å². The average molecular weight is 474 g/mol. The summed E-state index contributed by atoms with van der Waals surface area (Å²) < 4.78 is 18.5. The number of anilines is 3. The Labute approximate surface area is 202 Å². The number of halogens is 1. The fourth-order valence-corrected chi connectivity index (χ4v) is 3.79. The van der Waals surface area contributed by atoms with Gasteiger partial charge in [-0.15, -0.1) is 0 Å². The molecule has 0 fully saturated rings. The van der Waals surface area contributed by atoms with Crippen molar-refractivity contribution in [1.29, 1.82) is 0 Å². The van der Waals surface area contributed by atoms with Crippen LogP contribution in [0.2, 0.25) is 0 Å². The molecule has 0 saturated carbocycles. The molecule has 0 aliphatic carbocycles. The number of hydrogen-bond acceptors (Lipinski definition) is 5. The number of hydrogen-bond donors (Lipinski definition) is 2. The highest BCUT2D eigenvalue weighted by Crippen LogP contribution is 2.38. The summed E-state index contributed by atoms with van der Waals surface area (Å²) >= 11 is 0. The first kappa shape index (κ1) is 23.7. The van der Waals surface area contributed by atoms with E-state index in [0.29, 0.717) is 33.8 Å². The quantitative estimate of drug-likeness (QED) is 0.408. The molecular weight excluding hydrogens is 449 g/mol. The van der Waals surface area contributed by atoms with Gasteiger partial charge in [0.2, 0.25) is 5.91 Å². The van der Waals surface area contributed by atoms with Crippen molar-refractivity contribution in [3.8, 4) is 0 Å². The van der Waals surface area contributed by atoms with Crippen LogP contribution in [0.1, 0.15) is 23.6 Å². The van der Waals surface area contributed by atoms with Crippen molar-refractivity contribution >= 4 is 46.1 Å². The van der Waals surface area contributed by atoms with Crippen LogP contribution in [-0.4, -0.2) is 31.9 Å². The number of methoxy groups -OCH3 is 1. The Hall–Kier alpha value is -4.46. The van der Waals surface area contributed by atoms with Crippen molar-refractivity contribution in [2.75, 3.05) is 29.7 Å². The molecule has 1 heterocycles. The Morgan fingerprint density at radius 3 is 2.34 bits per heavy atom. The topological polar surface area (TPSA) is 87.7 Å². The normalized spacial score (nSPS) is 13.5. The standard InChI is InChI=1S/C27H24FN3O4/c1-16(32)31(2)21-11-9-20(10-12-21)29-26(18-6-4-17(5-7-18)14-24(33)35-3)25-22-13-8-19(28)15-23(22)30-27(25)34/h4-13,15,29H,14H2,1-3H3,(H,30,34). The third-order valence-electron chi connectivity index (χ3n) is 5.79. The summed E-state index contributed by atoms with van der Waals surface area (Å²) in [5.41, 5.74) is 4.73. The van der Waals surface area contributed by atoms with E-state index in [1.54, 1.807) is 61.6 Å². The van der Waals surface area contributed by atoms with E-state index in [2.05, 4.69) is 10.6 Å². The lowest BCUT2D eigenvalue weighted by molar-refractivity contribution is -0.139. The molecule has 8 heteroatoms. The van der Waals surface area contributed by atoms with Crippen molar-refractivity contribution in [1.82, 2.24) is 0 Å². The predicted molar refractivity (Wildman–Crippen MR) is 133 cm³/mol. The van der Waals surface area contributed by atoms with E-state index >= 15 is 0 Å². The Morgan fingerprint density at radius 1 is 1.03 bits per heavy atom. The van der Waals surface area contributed by atoms with E-state index in [1.807, 2.05) is 0 Å². The van der Waals surface area contributed by atoms with Gasteiger partial charge in [-0.25, -0.2) is 4.39 Å². The first-order chi connectivity index (χ1) is 16.8. The average Bonchev–Trinajstić information content (AvgIpc) is 3.17. The van der Waals surface area contributed by atoms with Crippen molar-refractivity contribution in [2.45, 2.75) is 13.3 Å². The molecule has 2 amide bonds. The molecule has 2 N–H and O–H groups in total. The third-order valence-corrected chi connectivity index (χ3v) is 5.79. The summed E-state index contributed by atoms with van der Waals surface area (Å²) in [4.78, 5) is 37.8. The lowest BCUT2D eigenvalue weighted by Gasteiger charge is -2.18. The highest BCUT2D eigenvalue weighted by molar-refractivity contribution is 6.37. The zero-order chi connectivity index (χ0) is 25.1. The minimum atomic E-state index is -0.447. The highest BCUT2D eigenvalue weighted by atomic mass is 19.1. The maximum absolute atomic E-state index is 13.8. The summed E-state index contributed by atoms with van der Waals surface area (Å²) in [5.74, 6) is -1.25. The molecule has 0 unspecified atom stereocenters. The highest BCUT2D eigenvalue weighted by Gasteiger charge is 2.29. The Bertz CT molecular complexity index is 1330. The molecule has 1 aliphatic rings. The van der Waals surface area contributed by atoms with Gasteiger partial charge in [0.1, 0.15) is 5.82 Å². The van der Waals surface area contributed by atoms with E-state index in [1.165, 1.54) is 31.1 Å². The Balaban J connectivity index is 1.77. The molecule has 0 spiro atoms. The van der Waals surface area contributed by atoms with Crippen LogP contribution in [0.4, 0.5) is 21.5 Å². The van der Waals surface area contributed by atoms with Crippen molar-refractivity contribution in [3.05, 3.63) is 89.2 Å². The predicted octanol–water partition coefficient (Wildman–Crippen LogP) is 4.46. The molecule has 3 aromatic rings. The molecule has 4 rings (SSSR count). The maximum atomic E-state index is 13.8. The van der Waals surface area contributed by atoms with Crippen molar-refractivity contribution in [3.63, 3.8) is 0 Å². The van der Waals surface area contributed by atoms with Gasteiger partial charge < -0.3 is 20.3 Å². The summed E-state index contributed by atoms with van der Waals surface area (Å²) in [6.07, 6.45) is 0.129. The van der Waals surface area contributed by atoms with Gasteiger partial charge in [-0.1, -0.05) is 24.3 Å². The van der Waals surface area contributed by atoms with Crippen LogP contribution in [-0.2, 0) is 25.5 Å². The second-order valence-electron chi connectivity index (χ2n) is 8.09. The van der Waals surface area contributed by atoms with Gasteiger partial charge in [-0.05, 0) is 53.6 Å². The smallest absolute Gasteiger partial charge is 0.309 e. The monoisotopic (exact) mass is 473 g/mol. The first-order valence-corrected chi connectivity index (χ1v) is 10.9. The number of ether oxygens (including phenoxy) is 1. The van der Waals surface area contributed by atoms with Gasteiger partial charge in [0.25, 0.3) is 5.91 Å². The Kier molecular flexibility index (Phi) is 6.64. The molecule has 178 valence electrons. The van der Waals surface area contributed by atoms with Gasteiger partial charge in [-0.2, -0.15) is 0 Å². The second-order valence-corrected chi connectivity index (χ2v) is 8.09. The fourth-order valence-electron chi connectivity index (χ4n) is 3.79.